The number of hydrogen-bond acceptors (Lipinski definition) is 5. The summed E-state index contributed by atoms with van der Waals surface area (Å²) in [4.78, 5) is 12.0. The van der Waals surface area contributed by atoms with Crippen LogP contribution in [0.2, 0.25) is 0 Å². The zero-order valence-corrected chi connectivity index (χ0v) is 13.4. The minimum atomic E-state index is -0.285. The van der Waals surface area contributed by atoms with E-state index >= 15 is 0 Å². The van der Waals surface area contributed by atoms with Gasteiger partial charge in [0.1, 0.15) is 6.61 Å². The van der Waals surface area contributed by atoms with E-state index in [9.17, 15) is 4.79 Å². The molecule has 0 spiro atoms. The molecule has 1 atom stereocenters. The molecule has 0 radical (unpaired) electrons. The second-order valence-corrected chi connectivity index (χ2v) is 6.04. The number of hydrogen-bond donors (Lipinski definition) is 3. The van der Waals surface area contributed by atoms with E-state index in [0.717, 1.165) is 19.4 Å². The third-order valence-corrected chi connectivity index (χ3v) is 3.81. The number of aliphatic hydroxyl groups excluding tert-OH is 1. The number of aliphatic hydroxyl groups is 1. The Bertz CT molecular complexity index is 443. The summed E-state index contributed by atoms with van der Waals surface area (Å²) in [5.41, 5.74) is 0.119. The maximum absolute atomic E-state index is 12.0. The molecule has 0 aliphatic carbocycles. The van der Waals surface area contributed by atoms with Gasteiger partial charge in [0, 0.05) is 18.7 Å². The van der Waals surface area contributed by atoms with Gasteiger partial charge in [0.15, 0.2) is 11.5 Å². The first-order chi connectivity index (χ1) is 9.90. The van der Waals surface area contributed by atoms with E-state index in [-0.39, 0.29) is 35.4 Å². The molecule has 0 aliphatic rings. The van der Waals surface area contributed by atoms with E-state index < -0.39 is 0 Å². The average molecular weight is 297 g/mol. The molecule has 21 heavy (non-hydrogen) atoms. The van der Waals surface area contributed by atoms with Crippen molar-refractivity contribution in [1.82, 2.24) is 15.8 Å². The summed E-state index contributed by atoms with van der Waals surface area (Å²) in [6.07, 6.45) is 2.31. The van der Waals surface area contributed by atoms with Gasteiger partial charge in [-0.2, -0.15) is 0 Å². The van der Waals surface area contributed by atoms with Crippen molar-refractivity contribution in [3.63, 3.8) is 0 Å². The molecule has 0 aliphatic heterocycles. The van der Waals surface area contributed by atoms with Gasteiger partial charge in [-0.15, -0.1) is 0 Å². The molecule has 0 aromatic carbocycles. The minimum Gasteiger partial charge on any atom is -0.388 e. The predicted octanol–water partition coefficient (Wildman–Crippen LogP) is 1.70. The molecule has 0 fully saturated rings. The molecule has 6 nitrogen and oxygen atoms in total. The number of unbranched alkanes of at least 4 members (excludes halogenated alkanes) is 1. The maximum Gasteiger partial charge on any atom is 0.273 e. The summed E-state index contributed by atoms with van der Waals surface area (Å²) in [5.74, 6) is 0.00120. The minimum absolute atomic E-state index is 0.0764. The Balaban J connectivity index is 2.46. The van der Waals surface area contributed by atoms with Gasteiger partial charge < -0.3 is 20.3 Å². The van der Waals surface area contributed by atoms with E-state index in [2.05, 4.69) is 43.5 Å². The molecule has 0 saturated heterocycles. The number of nitrogens with zero attached hydrogens (tertiary/aromatic N) is 1. The maximum atomic E-state index is 12.0. The first-order valence-electron chi connectivity index (χ1n) is 7.48. The molecular formula is C15H27N3O3. The average Bonchev–Trinajstić information content (AvgIpc) is 2.94. The molecule has 1 rings (SSSR count). The van der Waals surface area contributed by atoms with Crippen LogP contribution in [0.15, 0.2) is 10.6 Å². The molecule has 6 heteroatoms. The Morgan fingerprint density at radius 2 is 2.24 bits per heavy atom. The Morgan fingerprint density at radius 1 is 1.52 bits per heavy atom. The van der Waals surface area contributed by atoms with Crippen LogP contribution in [0.3, 0.4) is 0 Å². The number of aromatic nitrogens is 1. The van der Waals surface area contributed by atoms with Crippen molar-refractivity contribution in [3.8, 4) is 0 Å². The topological polar surface area (TPSA) is 87.4 Å². The highest BCUT2D eigenvalue weighted by atomic mass is 16.5. The van der Waals surface area contributed by atoms with Crippen LogP contribution in [0.25, 0.3) is 0 Å². The standard InChI is InChI=1S/C15H27N3O3/c1-5-6-7-16-11(2)15(3,4)10-17-14(20)13-8-12(9-19)21-18-13/h8,11,16,19H,5-7,9-10H2,1-4H3,(H,17,20). The molecule has 3 N–H and O–H groups in total. The van der Waals surface area contributed by atoms with Gasteiger partial charge in [-0.25, -0.2) is 0 Å². The summed E-state index contributed by atoms with van der Waals surface area (Å²) in [6, 6.07) is 1.74. The smallest absolute Gasteiger partial charge is 0.273 e. The fourth-order valence-corrected chi connectivity index (χ4v) is 1.82. The SMILES string of the molecule is CCCCNC(C)C(C)(C)CNC(=O)c1cc(CO)on1. The van der Waals surface area contributed by atoms with Gasteiger partial charge in [-0.1, -0.05) is 32.3 Å². The third-order valence-electron chi connectivity index (χ3n) is 3.81. The van der Waals surface area contributed by atoms with E-state index in [1.54, 1.807) is 0 Å². The summed E-state index contributed by atoms with van der Waals surface area (Å²) in [5, 5.41) is 18.9. The number of amides is 1. The van der Waals surface area contributed by atoms with Crippen molar-refractivity contribution in [2.45, 2.75) is 53.2 Å². The molecule has 1 aromatic rings. The molecule has 1 aromatic heterocycles. The first kappa shape index (κ1) is 17.7. The fraction of sp³-hybridized carbons (Fsp3) is 0.733. The van der Waals surface area contributed by atoms with Gasteiger partial charge in [0.2, 0.25) is 0 Å². The fourth-order valence-electron chi connectivity index (χ4n) is 1.82. The van der Waals surface area contributed by atoms with Crippen molar-refractivity contribution in [2.24, 2.45) is 5.41 Å². The third kappa shape index (κ3) is 5.47. The van der Waals surface area contributed by atoms with Crippen LogP contribution in [0.1, 0.15) is 56.8 Å². The molecule has 0 saturated carbocycles. The Morgan fingerprint density at radius 3 is 2.81 bits per heavy atom. The summed E-state index contributed by atoms with van der Waals surface area (Å²) in [7, 11) is 0. The number of rotatable bonds is 9. The van der Waals surface area contributed by atoms with Crippen LogP contribution in [-0.4, -0.2) is 35.3 Å². The first-order valence-corrected chi connectivity index (χ1v) is 7.48. The van der Waals surface area contributed by atoms with Crippen LogP contribution in [0.4, 0.5) is 0 Å². The highest BCUT2D eigenvalue weighted by molar-refractivity contribution is 5.92. The molecule has 0 bridgehead atoms. The monoisotopic (exact) mass is 297 g/mol. The highest BCUT2D eigenvalue weighted by Gasteiger charge is 2.26. The lowest BCUT2D eigenvalue weighted by atomic mass is 9.85. The highest BCUT2D eigenvalue weighted by Crippen LogP contribution is 2.19. The van der Waals surface area contributed by atoms with Crippen LogP contribution in [-0.2, 0) is 6.61 Å². The predicted molar refractivity (Wildman–Crippen MR) is 80.9 cm³/mol. The normalized spacial score (nSPS) is 13.2. The second kappa shape index (κ2) is 8.14. The van der Waals surface area contributed by atoms with Gasteiger partial charge in [0.25, 0.3) is 5.91 Å². The Kier molecular flexibility index (Phi) is 6.84. The van der Waals surface area contributed by atoms with Crippen molar-refractivity contribution >= 4 is 5.91 Å². The number of carbonyl (C=O) groups is 1. The largest absolute Gasteiger partial charge is 0.388 e. The van der Waals surface area contributed by atoms with E-state index in [1.807, 2.05) is 0 Å². The Labute approximate surface area is 126 Å². The van der Waals surface area contributed by atoms with Crippen molar-refractivity contribution in [2.75, 3.05) is 13.1 Å². The Hall–Kier alpha value is -1.40. The molecule has 1 heterocycles. The van der Waals surface area contributed by atoms with Gasteiger partial charge in [0.05, 0.1) is 0 Å². The van der Waals surface area contributed by atoms with Crippen LogP contribution < -0.4 is 10.6 Å². The van der Waals surface area contributed by atoms with Crippen molar-refractivity contribution < 1.29 is 14.4 Å². The van der Waals surface area contributed by atoms with Crippen LogP contribution in [0, 0.1) is 5.41 Å². The van der Waals surface area contributed by atoms with E-state index in [0.29, 0.717) is 6.54 Å². The zero-order valence-electron chi connectivity index (χ0n) is 13.4. The summed E-state index contributed by atoms with van der Waals surface area (Å²) < 4.78 is 4.81. The lowest BCUT2D eigenvalue weighted by molar-refractivity contribution is 0.0918. The summed E-state index contributed by atoms with van der Waals surface area (Å²) >= 11 is 0. The van der Waals surface area contributed by atoms with E-state index in [1.165, 1.54) is 6.07 Å². The van der Waals surface area contributed by atoms with Crippen LogP contribution in [0.5, 0.6) is 0 Å². The van der Waals surface area contributed by atoms with Gasteiger partial charge >= 0.3 is 0 Å². The van der Waals surface area contributed by atoms with Gasteiger partial charge in [-0.3, -0.25) is 4.79 Å². The molecule has 1 unspecified atom stereocenters. The molecular weight excluding hydrogens is 270 g/mol. The van der Waals surface area contributed by atoms with Crippen LogP contribution >= 0.6 is 0 Å². The van der Waals surface area contributed by atoms with Crippen molar-refractivity contribution in [1.29, 1.82) is 0 Å². The van der Waals surface area contributed by atoms with Crippen molar-refractivity contribution in [3.05, 3.63) is 17.5 Å². The lowest BCUT2D eigenvalue weighted by Crippen LogP contribution is -2.47. The number of carbonyl (C=O) groups excluding carboxylic acids is 1. The molecule has 120 valence electrons. The quantitative estimate of drug-likeness (QED) is 0.604. The second-order valence-electron chi connectivity index (χ2n) is 6.04. The number of nitrogens with one attached hydrogen (secondary N) is 2. The van der Waals surface area contributed by atoms with E-state index in [4.69, 9.17) is 9.63 Å². The van der Waals surface area contributed by atoms with Gasteiger partial charge in [-0.05, 0) is 25.3 Å². The lowest BCUT2D eigenvalue weighted by Gasteiger charge is -2.32. The summed E-state index contributed by atoms with van der Waals surface area (Å²) in [6.45, 7) is 9.77. The zero-order chi connectivity index (χ0) is 15.9. The molecule has 1 amide bonds.